The maximum atomic E-state index is 14.5. The lowest BCUT2D eigenvalue weighted by atomic mass is 9.98. The second-order valence-electron chi connectivity index (χ2n) is 14.2. The van der Waals surface area contributed by atoms with Crippen LogP contribution >= 0.6 is 11.6 Å². The molecule has 2 saturated heterocycles. The van der Waals surface area contributed by atoms with Gasteiger partial charge in [-0.2, -0.15) is 18.2 Å². The molecule has 3 aliphatic rings. The summed E-state index contributed by atoms with van der Waals surface area (Å²) in [5.41, 5.74) is 3.91. The molecule has 2 aliphatic heterocycles. The fourth-order valence-electron chi connectivity index (χ4n) is 7.85. The van der Waals surface area contributed by atoms with E-state index in [0.29, 0.717) is 85.8 Å². The van der Waals surface area contributed by atoms with Gasteiger partial charge >= 0.3 is 12.3 Å². The smallest absolute Gasteiger partial charge is 0.419 e. The number of nitrogens with one attached hydrogen (secondary N) is 3. The molecule has 1 aliphatic carbocycles. The van der Waals surface area contributed by atoms with E-state index in [-0.39, 0.29) is 54.2 Å². The van der Waals surface area contributed by atoms with Gasteiger partial charge in [0.15, 0.2) is 0 Å². The molecule has 13 nitrogen and oxygen atoms in total. The number of hydrogen-bond donors (Lipinski definition) is 4. The van der Waals surface area contributed by atoms with Gasteiger partial charge in [0.05, 0.1) is 48.8 Å². The van der Waals surface area contributed by atoms with E-state index in [2.05, 4.69) is 25.9 Å². The number of anilines is 1. The van der Waals surface area contributed by atoms with Crippen LogP contribution in [0, 0.1) is 0 Å². The zero-order chi connectivity index (χ0) is 40.3. The van der Waals surface area contributed by atoms with Gasteiger partial charge in [0, 0.05) is 73.3 Å². The second-order valence-corrected chi connectivity index (χ2v) is 14.6. The van der Waals surface area contributed by atoms with Crippen molar-refractivity contribution in [2.45, 2.75) is 75.9 Å². The maximum Gasteiger partial charge on any atom is 0.419 e. The number of carbonyl (C=O) groups is 2. The first-order chi connectivity index (χ1) is 27.4. The molecule has 17 heteroatoms. The van der Waals surface area contributed by atoms with E-state index < -0.39 is 23.9 Å². The van der Waals surface area contributed by atoms with Crippen molar-refractivity contribution in [3.8, 4) is 34.3 Å². The third-order valence-electron chi connectivity index (χ3n) is 10.7. The molecule has 57 heavy (non-hydrogen) atoms. The van der Waals surface area contributed by atoms with Crippen molar-refractivity contribution in [3.05, 3.63) is 81.5 Å². The number of alkyl halides is 3. The number of ether oxygens (including phenoxy) is 3. The molecule has 302 valence electrons. The number of carboxylic acid groups (broad SMARTS) is 1. The number of benzene rings is 1. The molecule has 0 radical (unpaired) electrons. The minimum Gasteiger partial charge on any atom is -0.481 e. The summed E-state index contributed by atoms with van der Waals surface area (Å²) in [6.45, 7) is 1.56. The van der Waals surface area contributed by atoms with Crippen LogP contribution in [0.15, 0.2) is 48.7 Å². The quantitative estimate of drug-likeness (QED) is 0.110. The summed E-state index contributed by atoms with van der Waals surface area (Å²) in [7, 11) is 2.84. The zero-order valence-electron chi connectivity index (χ0n) is 31.4. The molecule has 0 saturated carbocycles. The van der Waals surface area contributed by atoms with Crippen LogP contribution in [-0.2, 0) is 35.2 Å². The van der Waals surface area contributed by atoms with E-state index in [1.807, 2.05) is 18.2 Å². The predicted octanol–water partition coefficient (Wildman–Crippen LogP) is 7.02. The van der Waals surface area contributed by atoms with Crippen molar-refractivity contribution < 1.29 is 42.1 Å². The Morgan fingerprint density at radius 2 is 1.79 bits per heavy atom. The Balaban J connectivity index is 1.13. The molecular formula is C40H43ClF3N7O6. The first-order valence-electron chi connectivity index (χ1n) is 18.7. The van der Waals surface area contributed by atoms with Gasteiger partial charge in [-0.05, 0) is 67.5 Å². The van der Waals surface area contributed by atoms with Gasteiger partial charge in [-0.15, -0.1) is 0 Å². The molecule has 4 N–H and O–H groups in total. The van der Waals surface area contributed by atoms with Crippen LogP contribution in [0.5, 0.6) is 11.8 Å². The Labute approximate surface area is 332 Å². The highest BCUT2D eigenvalue weighted by molar-refractivity contribution is 6.35. The summed E-state index contributed by atoms with van der Waals surface area (Å²) < 4.78 is 60.1. The topological polar surface area (TPSA) is 160 Å². The van der Waals surface area contributed by atoms with E-state index >= 15 is 0 Å². The van der Waals surface area contributed by atoms with Gasteiger partial charge < -0.3 is 40.2 Å². The maximum absolute atomic E-state index is 14.5. The molecule has 3 aromatic heterocycles. The summed E-state index contributed by atoms with van der Waals surface area (Å²) in [5, 5.41) is 19.3. The van der Waals surface area contributed by atoms with Gasteiger partial charge in [0.2, 0.25) is 17.7 Å². The number of hydrogen-bond acceptors (Lipinski definition) is 10. The molecule has 7 rings (SSSR count). The van der Waals surface area contributed by atoms with Crippen LogP contribution in [0.3, 0.4) is 0 Å². The largest absolute Gasteiger partial charge is 0.481 e. The monoisotopic (exact) mass is 809 g/mol. The lowest BCUT2D eigenvalue weighted by Crippen LogP contribution is -2.42. The Hall–Kier alpha value is -5.19. The molecular weight excluding hydrogens is 767 g/mol. The van der Waals surface area contributed by atoms with Crippen LogP contribution in [0.2, 0.25) is 5.02 Å². The lowest BCUT2D eigenvalue weighted by molar-refractivity contribution is -0.137. The van der Waals surface area contributed by atoms with Gasteiger partial charge in [-0.1, -0.05) is 29.8 Å². The fourth-order valence-corrected chi connectivity index (χ4v) is 8.16. The van der Waals surface area contributed by atoms with E-state index in [4.69, 9.17) is 30.8 Å². The lowest BCUT2D eigenvalue weighted by Gasteiger charge is -2.32. The van der Waals surface area contributed by atoms with Crippen molar-refractivity contribution in [1.82, 2.24) is 30.5 Å². The van der Waals surface area contributed by atoms with E-state index in [1.165, 1.54) is 19.1 Å². The predicted molar refractivity (Wildman–Crippen MR) is 205 cm³/mol. The van der Waals surface area contributed by atoms with E-state index in [0.717, 1.165) is 22.8 Å². The van der Waals surface area contributed by atoms with Crippen molar-refractivity contribution in [2.24, 2.45) is 0 Å². The number of rotatable bonds is 13. The van der Waals surface area contributed by atoms with Crippen LogP contribution in [0.1, 0.15) is 66.0 Å². The number of amides is 2. The van der Waals surface area contributed by atoms with E-state index in [9.17, 15) is 27.9 Å². The molecule has 0 unspecified atom stereocenters. The average molecular weight is 810 g/mol. The second kappa shape index (κ2) is 17.1. The van der Waals surface area contributed by atoms with Gasteiger partial charge in [-0.25, -0.2) is 9.78 Å². The molecule has 2 amide bonds. The minimum absolute atomic E-state index is 0.0426. The fraction of sp³-hybridized carbons (Fsp3) is 0.425. The number of nitrogens with zero attached hydrogens (tertiary/aromatic N) is 4. The normalized spacial score (nSPS) is 18.2. The highest BCUT2D eigenvalue weighted by Gasteiger charge is 2.38. The van der Waals surface area contributed by atoms with Gasteiger partial charge in [0.1, 0.15) is 5.82 Å². The van der Waals surface area contributed by atoms with Crippen LogP contribution in [0.25, 0.3) is 22.5 Å². The molecule has 4 aromatic rings. The Morgan fingerprint density at radius 3 is 2.49 bits per heavy atom. The molecule has 5 heterocycles. The van der Waals surface area contributed by atoms with Crippen molar-refractivity contribution >= 4 is 29.4 Å². The number of methoxy groups -OCH3 is 2. The molecule has 1 aromatic carbocycles. The molecule has 0 bridgehead atoms. The first kappa shape index (κ1) is 40.0. The van der Waals surface area contributed by atoms with Crippen molar-refractivity contribution in [3.63, 3.8) is 0 Å². The van der Waals surface area contributed by atoms with Crippen LogP contribution < -0.4 is 25.4 Å². The first-order valence-corrected chi connectivity index (χ1v) is 19.1. The minimum atomic E-state index is -4.70. The summed E-state index contributed by atoms with van der Waals surface area (Å²) >= 11 is 7.08. The SMILES string of the molecule is COc1nc(-c2ccnc(-c3cccc4c3CC[C@@H]4Nc3nc(OC)c(CNC[C@@H]4CCC(=O)N4)cc3C(F)(F)F)c2Cl)ccc1CN(C(=O)O)C1CCOCC1. The average Bonchev–Trinajstić information content (AvgIpc) is 3.82. The molecule has 2 fully saturated rings. The Kier molecular flexibility index (Phi) is 12.0. The standard InChI is InChI=1S/C40H43ClF3N7O6/c1-55-37-22(21-51(39(53)54)25-13-16-57-17-14-25)6-9-32(49-37)29-12-15-46-35(34(29)41)28-5-3-4-27-26(28)8-10-31(27)48-36-30(40(42,43)44)18-23(38(50-36)56-2)19-45-20-24-7-11-33(52)47-24/h3-6,9,12,15,18,24-25,31,45H,7-8,10-11,13-14,16-17,19-21H2,1-2H3,(H,47,52)(H,48,50)(H,53,54)/t24-,31-/m0/s1. The molecule has 0 spiro atoms. The third-order valence-corrected chi connectivity index (χ3v) is 11.1. The van der Waals surface area contributed by atoms with Crippen molar-refractivity contribution in [1.29, 1.82) is 0 Å². The highest BCUT2D eigenvalue weighted by Crippen LogP contribution is 2.44. The van der Waals surface area contributed by atoms with Gasteiger partial charge in [-0.3, -0.25) is 9.78 Å². The summed E-state index contributed by atoms with van der Waals surface area (Å²) in [6, 6.07) is 11.1. The zero-order valence-corrected chi connectivity index (χ0v) is 32.2. The number of carbonyl (C=O) groups excluding carboxylic acids is 1. The third kappa shape index (κ3) is 8.72. The highest BCUT2D eigenvalue weighted by atomic mass is 35.5. The molecule has 2 atom stereocenters. The number of pyridine rings is 3. The Bertz CT molecular complexity index is 2130. The number of halogens is 4. The van der Waals surface area contributed by atoms with Crippen LogP contribution in [0.4, 0.5) is 23.8 Å². The number of fused-ring (bicyclic) bond motifs is 1. The van der Waals surface area contributed by atoms with Crippen LogP contribution in [-0.4, -0.2) is 83.0 Å². The van der Waals surface area contributed by atoms with Crippen molar-refractivity contribution in [2.75, 3.05) is 39.3 Å². The summed E-state index contributed by atoms with van der Waals surface area (Å²) in [4.78, 5) is 38.8. The summed E-state index contributed by atoms with van der Waals surface area (Å²) in [6.07, 6.45) is -0.802. The number of aromatic nitrogens is 3. The van der Waals surface area contributed by atoms with Gasteiger partial charge in [0.25, 0.3) is 0 Å². The summed E-state index contributed by atoms with van der Waals surface area (Å²) in [5.74, 6) is -0.0548. The van der Waals surface area contributed by atoms with E-state index in [1.54, 1.807) is 24.4 Å². The Morgan fingerprint density at radius 1 is 1.02 bits per heavy atom.